The Morgan fingerprint density at radius 3 is 2.57 bits per heavy atom. The molecule has 1 fully saturated rings. The first-order valence-electron chi connectivity index (χ1n) is 10.3. The molecule has 1 amide bonds. The molecule has 2 aromatic carbocycles. The Morgan fingerprint density at radius 2 is 1.87 bits per heavy atom. The minimum absolute atomic E-state index is 0.0772. The van der Waals surface area contributed by atoms with Crippen LogP contribution >= 0.6 is 0 Å². The van der Waals surface area contributed by atoms with E-state index < -0.39 is 0 Å². The predicted molar refractivity (Wildman–Crippen MR) is 117 cm³/mol. The van der Waals surface area contributed by atoms with Crippen LogP contribution < -0.4 is 4.90 Å². The van der Waals surface area contributed by atoms with Gasteiger partial charge in [-0.25, -0.2) is 4.98 Å². The normalized spacial score (nSPS) is 16.6. The molecule has 1 atom stereocenters. The second kappa shape index (κ2) is 7.94. The van der Waals surface area contributed by atoms with Crippen molar-refractivity contribution in [1.82, 2.24) is 9.55 Å². The number of ether oxygens (including phenoxy) is 1. The van der Waals surface area contributed by atoms with Crippen LogP contribution in [-0.4, -0.2) is 34.1 Å². The first kappa shape index (κ1) is 20.1. The molecule has 0 spiro atoms. The molecule has 156 valence electrons. The van der Waals surface area contributed by atoms with E-state index in [0.717, 1.165) is 33.7 Å². The van der Waals surface area contributed by atoms with E-state index in [0.29, 0.717) is 13.0 Å². The van der Waals surface area contributed by atoms with Crippen LogP contribution in [0.1, 0.15) is 43.1 Å². The summed E-state index contributed by atoms with van der Waals surface area (Å²) < 4.78 is 7.27. The first-order chi connectivity index (χ1) is 14.3. The summed E-state index contributed by atoms with van der Waals surface area (Å²) in [6, 6.07) is 13.9. The second-order valence-electron chi connectivity index (χ2n) is 8.33. The Labute approximate surface area is 176 Å². The van der Waals surface area contributed by atoms with E-state index in [1.807, 2.05) is 73.6 Å². The van der Waals surface area contributed by atoms with E-state index in [1.165, 1.54) is 0 Å². The van der Waals surface area contributed by atoms with Crippen LogP contribution in [0.3, 0.4) is 0 Å². The Hall–Kier alpha value is -3.15. The van der Waals surface area contributed by atoms with Gasteiger partial charge in [-0.15, -0.1) is 0 Å². The minimum Gasteiger partial charge on any atom is -0.462 e. The Kier molecular flexibility index (Phi) is 5.33. The smallest absolute Gasteiger partial charge is 0.326 e. The number of amides is 1. The second-order valence-corrected chi connectivity index (χ2v) is 8.33. The fourth-order valence-electron chi connectivity index (χ4n) is 4.24. The predicted octanol–water partition coefficient (Wildman–Crippen LogP) is 4.13. The highest BCUT2D eigenvalue weighted by Crippen LogP contribution is 2.34. The Morgan fingerprint density at radius 1 is 1.17 bits per heavy atom. The summed E-state index contributed by atoms with van der Waals surface area (Å²) in [5.41, 5.74) is 4.88. The number of esters is 1. The molecular weight excluding hydrogens is 378 g/mol. The number of benzene rings is 2. The molecule has 4 rings (SSSR count). The number of rotatable bonds is 5. The minimum atomic E-state index is -0.301. The van der Waals surface area contributed by atoms with Crippen molar-refractivity contribution in [2.75, 3.05) is 11.4 Å². The quantitative estimate of drug-likeness (QED) is 0.599. The van der Waals surface area contributed by atoms with E-state index in [4.69, 9.17) is 9.72 Å². The largest absolute Gasteiger partial charge is 0.462 e. The maximum atomic E-state index is 12.9. The number of carbonyl (C=O) groups is 2. The molecule has 1 aliphatic heterocycles. The standard InChI is InChI=1S/C24H27N3O3/c1-15(2)30-23(29)14-27-21-8-6-5-7-20(21)25-24(27)18-12-22(28)26(13-18)19-10-16(3)9-17(4)11-19/h5-11,15,18H,12-14H2,1-4H3. The lowest BCUT2D eigenvalue weighted by atomic mass is 10.1. The number of hydrogen-bond donors (Lipinski definition) is 0. The maximum Gasteiger partial charge on any atom is 0.326 e. The van der Waals surface area contributed by atoms with Crippen LogP contribution in [0.25, 0.3) is 11.0 Å². The third kappa shape index (κ3) is 3.95. The van der Waals surface area contributed by atoms with E-state index >= 15 is 0 Å². The van der Waals surface area contributed by atoms with Crippen LogP contribution in [0.15, 0.2) is 42.5 Å². The third-order valence-corrected chi connectivity index (χ3v) is 5.35. The molecule has 1 unspecified atom stereocenters. The molecular formula is C24H27N3O3. The van der Waals surface area contributed by atoms with Gasteiger partial charge in [0.1, 0.15) is 12.4 Å². The third-order valence-electron chi connectivity index (χ3n) is 5.35. The number of nitrogens with zero attached hydrogens (tertiary/aromatic N) is 3. The fourth-order valence-corrected chi connectivity index (χ4v) is 4.24. The molecule has 6 heteroatoms. The molecule has 0 aliphatic carbocycles. The van der Waals surface area contributed by atoms with Gasteiger partial charge in [0.15, 0.2) is 0 Å². The molecule has 6 nitrogen and oxygen atoms in total. The Balaban J connectivity index is 1.68. The average Bonchev–Trinajstić information content (AvgIpc) is 3.21. The molecule has 2 heterocycles. The van der Waals surface area contributed by atoms with E-state index in [1.54, 1.807) is 0 Å². The van der Waals surface area contributed by atoms with Gasteiger partial charge in [0.05, 0.1) is 17.1 Å². The number of anilines is 1. The zero-order valence-corrected chi connectivity index (χ0v) is 17.9. The zero-order chi connectivity index (χ0) is 21.4. The van der Waals surface area contributed by atoms with Gasteiger partial charge >= 0.3 is 5.97 Å². The van der Waals surface area contributed by atoms with E-state index in [-0.39, 0.29) is 30.4 Å². The van der Waals surface area contributed by atoms with Crippen molar-refractivity contribution in [3.63, 3.8) is 0 Å². The van der Waals surface area contributed by atoms with E-state index in [2.05, 4.69) is 6.07 Å². The monoisotopic (exact) mass is 405 g/mol. The van der Waals surface area contributed by atoms with Gasteiger partial charge in [0, 0.05) is 24.6 Å². The molecule has 3 aromatic rings. The zero-order valence-electron chi connectivity index (χ0n) is 17.9. The van der Waals surface area contributed by atoms with Crippen molar-refractivity contribution < 1.29 is 14.3 Å². The highest BCUT2D eigenvalue weighted by molar-refractivity contribution is 5.96. The average molecular weight is 405 g/mol. The summed E-state index contributed by atoms with van der Waals surface area (Å²) in [6.45, 7) is 8.37. The molecule has 0 radical (unpaired) electrons. The molecule has 30 heavy (non-hydrogen) atoms. The summed E-state index contributed by atoms with van der Waals surface area (Å²) in [4.78, 5) is 31.9. The SMILES string of the molecule is Cc1cc(C)cc(N2CC(c3nc4ccccc4n3CC(=O)OC(C)C)CC2=O)c1. The van der Waals surface area contributed by atoms with Crippen LogP contribution in [0.2, 0.25) is 0 Å². The van der Waals surface area contributed by atoms with Crippen molar-refractivity contribution in [1.29, 1.82) is 0 Å². The van der Waals surface area contributed by atoms with Gasteiger partial charge < -0.3 is 14.2 Å². The van der Waals surface area contributed by atoms with Crippen LogP contribution in [0, 0.1) is 13.8 Å². The van der Waals surface area contributed by atoms with Crippen molar-refractivity contribution in [3.8, 4) is 0 Å². The molecule has 1 aromatic heterocycles. The molecule has 0 saturated carbocycles. The molecule has 0 N–H and O–H groups in total. The highest BCUT2D eigenvalue weighted by atomic mass is 16.5. The van der Waals surface area contributed by atoms with Crippen LogP contribution in [0.4, 0.5) is 5.69 Å². The highest BCUT2D eigenvalue weighted by Gasteiger charge is 2.35. The number of imidazole rings is 1. The number of fused-ring (bicyclic) bond motifs is 1. The molecule has 1 saturated heterocycles. The van der Waals surface area contributed by atoms with Crippen LogP contribution in [-0.2, 0) is 20.9 Å². The lowest BCUT2D eigenvalue weighted by molar-refractivity contribution is -0.148. The number of carbonyl (C=O) groups excluding carboxylic acids is 2. The van der Waals surface area contributed by atoms with Crippen LogP contribution in [0.5, 0.6) is 0 Å². The summed E-state index contributed by atoms with van der Waals surface area (Å²) in [5, 5.41) is 0. The van der Waals surface area contributed by atoms with Gasteiger partial charge in [0.25, 0.3) is 0 Å². The number of aryl methyl sites for hydroxylation is 2. The summed E-state index contributed by atoms with van der Waals surface area (Å²) in [6.07, 6.45) is 0.194. The number of aromatic nitrogens is 2. The van der Waals surface area contributed by atoms with Crippen molar-refractivity contribution in [2.24, 2.45) is 0 Å². The lowest BCUT2D eigenvalue weighted by Gasteiger charge is -2.18. The van der Waals surface area contributed by atoms with E-state index in [9.17, 15) is 9.59 Å². The number of para-hydroxylation sites is 2. The first-order valence-corrected chi connectivity index (χ1v) is 10.3. The summed E-state index contributed by atoms with van der Waals surface area (Å²) in [5.74, 6) is 0.452. The molecule has 0 bridgehead atoms. The van der Waals surface area contributed by atoms with Gasteiger partial charge in [-0.05, 0) is 63.1 Å². The summed E-state index contributed by atoms with van der Waals surface area (Å²) in [7, 11) is 0. The lowest BCUT2D eigenvalue weighted by Crippen LogP contribution is -2.25. The van der Waals surface area contributed by atoms with Gasteiger partial charge in [-0.3, -0.25) is 9.59 Å². The van der Waals surface area contributed by atoms with Crippen molar-refractivity contribution >= 4 is 28.6 Å². The Bertz CT molecular complexity index is 1100. The summed E-state index contributed by atoms with van der Waals surface area (Å²) >= 11 is 0. The fraction of sp³-hybridized carbons (Fsp3) is 0.375. The topological polar surface area (TPSA) is 64.4 Å². The van der Waals surface area contributed by atoms with Gasteiger partial charge in [0.2, 0.25) is 5.91 Å². The number of hydrogen-bond acceptors (Lipinski definition) is 4. The molecule has 1 aliphatic rings. The maximum absolute atomic E-state index is 12.9. The van der Waals surface area contributed by atoms with Gasteiger partial charge in [-0.2, -0.15) is 0 Å². The van der Waals surface area contributed by atoms with Crippen molar-refractivity contribution in [3.05, 3.63) is 59.4 Å². The van der Waals surface area contributed by atoms with Crippen molar-refractivity contribution in [2.45, 2.75) is 52.7 Å². The van der Waals surface area contributed by atoms with Gasteiger partial charge in [-0.1, -0.05) is 18.2 Å².